The van der Waals surface area contributed by atoms with E-state index in [0.717, 1.165) is 5.69 Å². The SMILES string of the molecule is O=[C]NCc1ccccn1. The second-order valence-electron chi connectivity index (χ2n) is 1.78. The Kier molecular flexibility index (Phi) is 2.43. The first-order valence-electron chi connectivity index (χ1n) is 2.93. The van der Waals surface area contributed by atoms with E-state index in [2.05, 4.69) is 10.3 Å². The van der Waals surface area contributed by atoms with Crippen molar-refractivity contribution in [2.75, 3.05) is 0 Å². The van der Waals surface area contributed by atoms with Gasteiger partial charge in [-0.25, -0.2) is 0 Å². The van der Waals surface area contributed by atoms with Crippen molar-refractivity contribution in [3.05, 3.63) is 30.1 Å². The molecule has 1 aromatic rings. The molecule has 0 unspecified atom stereocenters. The van der Waals surface area contributed by atoms with Gasteiger partial charge >= 0.3 is 6.41 Å². The van der Waals surface area contributed by atoms with Crippen LogP contribution in [0.15, 0.2) is 24.4 Å². The van der Waals surface area contributed by atoms with Gasteiger partial charge in [0.15, 0.2) is 0 Å². The smallest absolute Gasteiger partial charge is 0.309 e. The third kappa shape index (κ3) is 1.85. The minimum Gasteiger partial charge on any atom is -0.342 e. The molecule has 1 rings (SSSR count). The Morgan fingerprint density at radius 3 is 3.10 bits per heavy atom. The molecule has 1 heterocycles. The lowest BCUT2D eigenvalue weighted by Gasteiger charge is -1.94. The molecule has 1 amide bonds. The fraction of sp³-hybridized carbons (Fsp3) is 0.143. The molecule has 3 nitrogen and oxygen atoms in total. The molecule has 1 N–H and O–H groups in total. The van der Waals surface area contributed by atoms with Gasteiger partial charge < -0.3 is 5.32 Å². The third-order valence-electron chi connectivity index (χ3n) is 1.07. The molecule has 0 saturated heterocycles. The summed E-state index contributed by atoms with van der Waals surface area (Å²) >= 11 is 0. The molecule has 0 atom stereocenters. The zero-order chi connectivity index (χ0) is 7.23. The van der Waals surface area contributed by atoms with Gasteiger partial charge in [-0.2, -0.15) is 0 Å². The molecule has 1 aromatic heterocycles. The lowest BCUT2D eigenvalue weighted by molar-refractivity contribution is 0.541. The Bertz CT molecular complexity index is 198. The van der Waals surface area contributed by atoms with Crippen molar-refractivity contribution in [1.82, 2.24) is 10.3 Å². The van der Waals surface area contributed by atoms with Crippen LogP contribution in [0.4, 0.5) is 0 Å². The second kappa shape index (κ2) is 3.61. The van der Waals surface area contributed by atoms with E-state index >= 15 is 0 Å². The average Bonchev–Trinajstić information content (AvgIpc) is 2.03. The maximum absolute atomic E-state index is 9.71. The highest BCUT2D eigenvalue weighted by molar-refractivity contribution is 5.46. The molecule has 0 fully saturated rings. The van der Waals surface area contributed by atoms with Crippen LogP contribution in [0.1, 0.15) is 5.69 Å². The molecule has 3 heteroatoms. The van der Waals surface area contributed by atoms with Crippen molar-refractivity contribution in [1.29, 1.82) is 0 Å². The van der Waals surface area contributed by atoms with Crippen LogP contribution >= 0.6 is 0 Å². The van der Waals surface area contributed by atoms with E-state index in [9.17, 15) is 4.79 Å². The van der Waals surface area contributed by atoms with Crippen molar-refractivity contribution in [3.63, 3.8) is 0 Å². The minimum atomic E-state index is 0.449. The second-order valence-corrected chi connectivity index (χ2v) is 1.78. The van der Waals surface area contributed by atoms with Crippen LogP contribution in [0.25, 0.3) is 0 Å². The standard InChI is InChI=1S/C7H7N2O/c10-6-8-5-7-3-1-2-4-9-7/h1-4H,5H2,(H,8,10). The summed E-state index contributed by atoms with van der Waals surface area (Å²) in [6.45, 7) is 0.449. The number of nitrogens with zero attached hydrogens (tertiary/aromatic N) is 1. The summed E-state index contributed by atoms with van der Waals surface area (Å²) in [4.78, 5) is 13.7. The zero-order valence-corrected chi connectivity index (χ0v) is 5.37. The first-order valence-corrected chi connectivity index (χ1v) is 2.93. The topological polar surface area (TPSA) is 42.0 Å². The van der Waals surface area contributed by atoms with Gasteiger partial charge in [0, 0.05) is 6.20 Å². The number of nitrogens with one attached hydrogen (secondary N) is 1. The summed E-state index contributed by atoms with van der Waals surface area (Å²) in [6, 6.07) is 5.54. The maximum Gasteiger partial charge on any atom is 0.309 e. The lowest BCUT2D eigenvalue weighted by Crippen LogP contribution is -2.10. The molecule has 0 aliphatic heterocycles. The first-order chi connectivity index (χ1) is 4.93. The molecule has 51 valence electrons. The van der Waals surface area contributed by atoms with Crippen molar-refractivity contribution in [3.8, 4) is 0 Å². The van der Waals surface area contributed by atoms with Gasteiger partial charge in [-0.1, -0.05) is 6.07 Å². The van der Waals surface area contributed by atoms with Crippen molar-refractivity contribution in [2.24, 2.45) is 0 Å². The van der Waals surface area contributed by atoms with E-state index in [4.69, 9.17) is 0 Å². The van der Waals surface area contributed by atoms with Crippen LogP contribution in [-0.4, -0.2) is 11.4 Å². The van der Waals surface area contributed by atoms with Gasteiger partial charge in [-0.3, -0.25) is 9.78 Å². The molecule has 0 aliphatic carbocycles. The number of hydrogen-bond donors (Lipinski definition) is 1. The van der Waals surface area contributed by atoms with E-state index in [1.807, 2.05) is 18.2 Å². The molecule has 0 saturated carbocycles. The van der Waals surface area contributed by atoms with Crippen LogP contribution in [0.3, 0.4) is 0 Å². The number of carbonyl (C=O) groups excluding carboxylic acids is 1. The summed E-state index contributed by atoms with van der Waals surface area (Å²) < 4.78 is 0. The number of amides is 1. The maximum atomic E-state index is 9.71. The molecule has 1 radical (unpaired) electrons. The zero-order valence-electron chi connectivity index (χ0n) is 5.37. The van der Waals surface area contributed by atoms with E-state index < -0.39 is 0 Å². The molecule has 0 bridgehead atoms. The highest BCUT2D eigenvalue weighted by Gasteiger charge is 1.87. The van der Waals surface area contributed by atoms with Gasteiger partial charge in [0.05, 0.1) is 12.2 Å². The summed E-state index contributed by atoms with van der Waals surface area (Å²) in [5.74, 6) is 0. The van der Waals surface area contributed by atoms with Gasteiger partial charge in [-0.15, -0.1) is 0 Å². The monoisotopic (exact) mass is 135 g/mol. The highest BCUT2D eigenvalue weighted by atomic mass is 16.1. The Morgan fingerprint density at radius 1 is 1.60 bits per heavy atom. The first kappa shape index (κ1) is 6.74. The number of pyridine rings is 1. The van der Waals surface area contributed by atoms with Crippen LogP contribution in [0, 0.1) is 0 Å². The normalized spacial score (nSPS) is 8.80. The van der Waals surface area contributed by atoms with Crippen LogP contribution in [0.2, 0.25) is 0 Å². The van der Waals surface area contributed by atoms with E-state index in [-0.39, 0.29) is 0 Å². The highest BCUT2D eigenvalue weighted by Crippen LogP contribution is 1.90. The number of rotatable bonds is 3. The fourth-order valence-corrected chi connectivity index (χ4v) is 0.629. The Balaban J connectivity index is 2.50. The lowest BCUT2D eigenvalue weighted by atomic mass is 10.3. The van der Waals surface area contributed by atoms with Crippen molar-refractivity contribution in [2.45, 2.75) is 6.54 Å². The van der Waals surface area contributed by atoms with E-state index in [0.29, 0.717) is 6.54 Å². The molecular weight excluding hydrogens is 128 g/mol. The third-order valence-corrected chi connectivity index (χ3v) is 1.07. The largest absolute Gasteiger partial charge is 0.342 e. The quantitative estimate of drug-likeness (QED) is 0.603. The van der Waals surface area contributed by atoms with Crippen LogP contribution in [-0.2, 0) is 11.3 Å². The van der Waals surface area contributed by atoms with Crippen LogP contribution < -0.4 is 5.32 Å². The molecule has 0 aromatic carbocycles. The number of hydrogen-bond acceptors (Lipinski definition) is 2. The van der Waals surface area contributed by atoms with Gasteiger partial charge in [0.25, 0.3) is 0 Å². The molecule has 0 spiro atoms. The van der Waals surface area contributed by atoms with Gasteiger partial charge in [0.1, 0.15) is 0 Å². The predicted octanol–water partition coefficient (Wildman–Crippen LogP) is 0.238. The Labute approximate surface area is 59.1 Å². The van der Waals surface area contributed by atoms with Gasteiger partial charge in [0.2, 0.25) is 0 Å². The fourth-order valence-electron chi connectivity index (χ4n) is 0.629. The minimum absolute atomic E-state index is 0.449. The number of aromatic nitrogens is 1. The molecular formula is C7H7N2O. The van der Waals surface area contributed by atoms with E-state index in [1.54, 1.807) is 12.6 Å². The summed E-state index contributed by atoms with van der Waals surface area (Å²) in [6.07, 6.45) is 3.26. The average molecular weight is 135 g/mol. The van der Waals surface area contributed by atoms with E-state index in [1.165, 1.54) is 0 Å². The predicted molar refractivity (Wildman–Crippen MR) is 36.8 cm³/mol. The van der Waals surface area contributed by atoms with Crippen molar-refractivity contribution >= 4 is 6.41 Å². The van der Waals surface area contributed by atoms with Crippen LogP contribution in [0.5, 0.6) is 0 Å². The molecule has 0 aliphatic rings. The van der Waals surface area contributed by atoms with Gasteiger partial charge in [-0.05, 0) is 12.1 Å². The summed E-state index contributed by atoms with van der Waals surface area (Å²) in [5, 5.41) is 2.40. The summed E-state index contributed by atoms with van der Waals surface area (Å²) in [5.41, 5.74) is 0.839. The van der Waals surface area contributed by atoms with Crippen molar-refractivity contribution < 1.29 is 4.79 Å². The molecule has 10 heavy (non-hydrogen) atoms. The Hall–Kier alpha value is -1.38. The Morgan fingerprint density at radius 2 is 2.50 bits per heavy atom. The summed E-state index contributed by atoms with van der Waals surface area (Å²) in [7, 11) is 0.